The average molecular weight is 342 g/mol. The molecule has 0 fully saturated rings. The molecule has 0 amide bonds. The maximum Gasteiger partial charge on any atom is 0.272 e. The third-order valence-electron chi connectivity index (χ3n) is 3.72. The Morgan fingerprint density at radius 2 is 1.71 bits per heavy atom. The number of rotatable bonds is 6. The molecule has 0 N–H and O–H groups in total. The molecule has 1 aromatic heterocycles. The van der Waals surface area contributed by atoms with E-state index in [0.717, 1.165) is 5.56 Å². The van der Waals surface area contributed by atoms with Crippen molar-refractivity contribution in [3.63, 3.8) is 0 Å². The van der Waals surface area contributed by atoms with Crippen molar-refractivity contribution in [1.82, 2.24) is 20.2 Å². The summed E-state index contributed by atoms with van der Waals surface area (Å²) >= 11 is 0. The Hall–Kier alpha value is -2.54. The van der Waals surface area contributed by atoms with Crippen molar-refractivity contribution in [2.24, 2.45) is 0 Å². The van der Waals surface area contributed by atoms with Crippen LogP contribution in [0.2, 0.25) is 0 Å². The third kappa shape index (κ3) is 3.68. The summed E-state index contributed by atoms with van der Waals surface area (Å²) in [7, 11) is -3.55. The highest BCUT2D eigenvalue weighted by Gasteiger charge is 2.23. The van der Waals surface area contributed by atoms with Gasteiger partial charge in [0, 0.05) is 0 Å². The normalized spacial score (nSPS) is 11.5. The van der Waals surface area contributed by atoms with Gasteiger partial charge in [0.2, 0.25) is 9.84 Å². The SMILES string of the molecule is Cc1ccc(CCCS(=O)(=O)c2nnnn2-c2ccccc2)cc1. The Morgan fingerprint density at radius 3 is 2.42 bits per heavy atom. The van der Waals surface area contributed by atoms with E-state index in [1.54, 1.807) is 12.1 Å². The van der Waals surface area contributed by atoms with Crippen LogP contribution in [0.5, 0.6) is 0 Å². The summed E-state index contributed by atoms with van der Waals surface area (Å²) < 4.78 is 26.4. The van der Waals surface area contributed by atoms with E-state index in [1.807, 2.05) is 49.4 Å². The smallest absolute Gasteiger partial charge is 0.220 e. The molecule has 0 aliphatic heterocycles. The van der Waals surface area contributed by atoms with E-state index in [-0.39, 0.29) is 10.9 Å². The van der Waals surface area contributed by atoms with Gasteiger partial charge in [-0.2, -0.15) is 4.68 Å². The third-order valence-corrected chi connectivity index (χ3v) is 5.36. The van der Waals surface area contributed by atoms with Gasteiger partial charge in [-0.1, -0.05) is 53.1 Å². The monoisotopic (exact) mass is 342 g/mol. The fourth-order valence-corrected chi connectivity index (χ4v) is 3.69. The Morgan fingerprint density at radius 1 is 1.00 bits per heavy atom. The lowest BCUT2D eigenvalue weighted by atomic mass is 10.1. The lowest BCUT2D eigenvalue weighted by Gasteiger charge is -2.06. The van der Waals surface area contributed by atoms with Crippen molar-refractivity contribution in [2.45, 2.75) is 24.9 Å². The van der Waals surface area contributed by atoms with Crippen molar-refractivity contribution in [3.8, 4) is 5.69 Å². The van der Waals surface area contributed by atoms with Crippen LogP contribution in [0.1, 0.15) is 17.5 Å². The van der Waals surface area contributed by atoms with Crippen molar-refractivity contribution in [3.05, 3.63) is 65.7 Å². The van der Waals surface area contributed by atoms with E-state index < -0.39 is 9.84 Å². The summed E-state index contributed by atoms with van der Waals surface area (Å²) in [6.07, 6.45) is 1.22. The Balaban J connectivity index is 1.72. The number of aryl methyl sites for hydroxylation is 2. The van der Waals surface area contributed by atoms with Crippen LogP contribution in [0.4, 0.5) is 0 Å². The largest absolute Gasteiger partial charge is 0.272 e. The molecule has 0 aliphatic rings. The maximum atomic E-state index is 12.6. The number of nitrogens with zero attached hydrogens (tertiary/aromatic N) is 4. The number of hydrogen-bond acceptors (Lipinski definition) is 5. The number of benzene rings is 2. The van der Waals surface area contributed by atoms with E-state index >= 15 is 0 Å². The number of para-hydroxylation sites is 1. The van der Waals surface area contributed by atoms with Gasteiger partial charge in [-0.3, -0.25) is 0 Å². The van der Waals surface area contributed by atoms with Gasteiger partial charge in [-0.25, -0.2) is 8.42 Å². The first-order valence-electron chi connectivity index (χ1n) is 7.68. The molecule has 0 atom stereocenters. The van der Waals surface area contributed by atoms with Crippen LogP contribution in [0.3, 0.4) is 0 Å². The first kappa shape index (κ1) is 16.3. The molecule has 0 bridgehead atoms. The molecule has 6 nitrogen and oxygen atoms in total. The molecule has 24 heavy (non-hydrogen) atoms. The summed E-state index contributed by atoms with van der Waals surface area (Å²) in [5, 5.41) is 10.9. The zero-order valence-corrected chi connectivity index (χ0v) is 14.1. The highest BCUT2D eigenvalue weighted by molar-refractivity contribution is 7.91. The second-order valence-corrected chi connectivity index (χ2v) is 7.62. The second-order valence-electron chi connectivity index (χ2n) is 5.62. The first-order chi connectivity index (χ1) is 11.6. The van der Waals surface area contributed by atoms with Gasteiger partial charge < -0.3 is 0 Å². The van der Waals surface area contributed by atoms with Crippen LogP contribution >= 0.6 is 0 Å². The summed E-state index contributed by atoms with van der Waals surface area (Å²) in [6, 6.07) is 17.1. The van der Waals surface area contributed by atoms with Gasteiger partial charge >= 0.3 is 0 Å². The molecule has 2 aromatic carbocycles. The van der Waals surface area contributed by atoms with Crippen LogP contribution in [-0.4, -0.2) is 34.4 Å². The molecule has 0 radical (unpaired) electrons. The summed E-state index contributed by atoms with van der Waals surface area (Å²) in [5.41, 5.74) is 2.94. The molecule has 1 heterocycles. The van der Waals surface area contributed by atoms with Gasteiger partial charge in [-0.05, 0) is 47.9 Å². The second kappa shape index (κ2) is 6.92. The van der Waals surface area contributed by atoms with Crippen LogP contribution in [-0.2, 0) is 16.3 Å². The molecule has 124 valence electrons. The average Bonchev–Trinajstić information content (AvgIpc) is 3.08. The van der Waals surface area contributed by atoms with Gasteiger partial charge in [0.05, 0.1) is 11.4 Å². The van der Waals surface area contributed by atoms with Crippen molar-refractivity contribution < 1.29 is 8.42 Å². The summed E-state index contributed by atoms with van der Waals surface area (Å²) in [6.45, 7) is 2.03. The number of tetrazole rings is 1. The molecule has 3 aromatic rings. The predicted molar refractivity (Wildman–Crippen MR) is 90.7 cm³/mol. The molecule has 7 heteroatoms. The minimum absolute atomic E-state index is 0.00802. The zero-order valence-electron chi connectivity index (χ0n) is 13.3. The minimum atomic E-state index is -3.55. The fraction of sp³-hybridized carbons (Fsp3) is 0.235. The number of aromatic nitrogens is 4. The van der Waals surface area contributed by atoms with E-state index in [2.05, 4.69) is 15.5 Å². The van der Waals surface area contributed by atoms with E-state index in [9.17, 15) is 8.42 Å². The molecular weight excluding hydrogens is 324 g/mol. The number of sulfone groups is 1. The van der Waals surface area contributed by atoms with Crippen LogP contribution < -0.4 is 0 Å². The lowest BCUT2D eigenvalue weighted by Crippen LogP contribution is -2.14. The fourth-order valence-electron chi connectivity index (χ4n) is 2.42. The standard InChI is InChI=1S/C17H18N4O2S/c1-14-9-11-15(12-10-14)6-5-13-24(22,23)17-18-19-20-21(17)16-7-3-2-4-8-16/h2-4,7-12H,5-6,13H2,1H3. The van der Waals surface area contributed by atoms with Gasteiger partial charge in [0.15, 0.2) is 0 Å². The summed E-state index contributed by atoms with van der Waals surface area (Å²) in [4.78, 5) is 0. The topological polar surface area (TPSA) is 77.7 Å². The van der Waals surface area contributed by atoms with Crippen LogP contribution in [0, 0.1) is 6.92 Å². The van der Waals surface area contributed by atoms with Crippen molar-refractivity contribution in [1.29, 1.82) is 0 Å². The first-order valence-corrected chi connectivity index (χ1v) is 9.33. The highest BCUT2D eigenvalue weighted by atomic mass is 32.2. The van der Waals surface area contributed by atoms with E-state index in [0.29, 0.717) is 18.5 Å². The molecule has 0 saturated heterocycles. The Labute approximate surface area is 141 Å². The maximum absolute atomic E-state index is 12.6. The molecule has 0 saturated carbocycles. The highest BCUT2D eigenvalue weighted by Crippen LogP contribution is 2.15. The van der Waals surface area contributed by atoms with Gasteiger partial charge in [-0.15, -0.1) is 0 Å². The molecule has 0 spiro atoms. The van der Waals surface area contributed by atoms with Crippen LogP contribution in [0.25, 0.3) is 5.69 Å². The predicted octanol–water partition coefficient (Wildman–Crippen LogP) is 2.38. The van der Waals surface area contributed by atoms with Gasteiger partial charge in [0.25, 0.3) is 5.16 Å². The summed E-state index contributed by atoms with van der Waals surface area (Å²) in [5.74, 6) is 0.00802. The Bertz CT molecular complexity index is 903. The molecule has 0 unspecified atom stereocenters. The van der Waals surface area contributed by atoms with Crippen LogP contribution in [0.15, 0.2) is 59.8 Å². The Kier molecular flexibility index (Phi) is 4.71. The quantitative estimate of drug-likeness (QED) is 0.687. The van der Waals surface area contributed by atoms with Gasteiger partial charge in [0.1, 0.15) is 0 Å². The molecule has 3 rings (SSSR count). The number of hydrogen-bond donors (Lipinski definition) is 0. The molecule has 0 aliphatic carbocycles. The van der Waals surface area contributed by atoms with E-state index in [4.69, 9.17) is 0 Å². The lowest BCUT2D eigenvalue weighted by molar-refractivity contribution is 0.577. The molecular formula is C17H18N4O2S. The van der Waals surface area contributed by atoms with E-state index in [1.165, 1.54) is 10.2 Å². The zero-order chi connectivity index (χ0) is 17.0. The minimum Gasteiger partial charge on any atom is -0.220 e. The van der Waals surface area contributed by atoms with Crippen molar-refractivity contribution in [2.75, 3.05) is 5.75 Å². The van der Waals surface area contributed by atoms with Crippen molar-refractivity contribution >= 4 is 9.84 Å².